The molecule has 0 unspecified atom stereocenters. The molecule has 0 spiro atoms. The van der Waals surface area contributed by atoms with Crippen LogP contribution in [0.3, 0.4) is 0 Å². The van der Waals surface area contributed by atoms with E-state index in [9.17, 15) is 9.18 Å². The van der Waals surface area contributed by atoms with Gasteiger partial charge in [0, 0.05) is 31.9 Å². The number of carbonyl (C=O) groups excluding carboxylic acids is 1. The summed E-state index contributed by atoms with van der Waals surface area (Å²) in [6, 6.07) is 10.8. The van der Waals surface area contributed by atoms with Crippen molar-refractivity contribution in [2.75, 3.05) is 13.1 Å². The Balaban J connectivity index is 1.46. The van der Waals surface area contributed by atoms with Gasteiger partial charge in [0.15, 0.2) is 0 Å². The van der Waals surface area contributed by atoms with E-state index in [0.29, 0.717) is 12.3 Å². The Labute approximate surface area is 148 Å². The third-order valence-electron chi connectivity index (χ3n) is 4.98. The number of hydrogen-bond donors (Lipinski definition) is 0. The molecule has 1 aromatic carbocycles. The van der Waals surface area contributed by atoms with E-state index in [1.807, 2.05) is 23.1 Å². The van der Waals surface area contributed by atoms with Gasteiger partial charge in [0.05, 0.1) is 0 Å². The van der Waals surface area contributed by atoms with Gasteiger partial charge in [-0.2, -0.15) is 0 Å². The zero-order valence-electron chi connectivity index (χ0n) is 14.5. The van der Waals surface area contributed by atoms with Crippen molar-refractivity contribution in [1.82, 2.24) is 9.88 Å². The van der Waals surface area contributed by atoms with Crippen LogP contribution in [0, 0.1) is 11.7 Å². The molecule has 0 N–H and O–H groups in total. The Bertz CT molecular complexity index is 689. The second-order valence-corrected chi connectivity index (χ2v) is 6.87. The second-order valence-electron chi connectivity index (χ2n) is 6.87. The maximum absolute atomic E-state index is 13.3. The van der Waals surface area contributed by atoms with Gasteiger partial charge in [0.25, 0.3) is 0 Å². The largest absolute Gasteiger partial charge is 0.342 e. The van der Waals surface area contributed by atoms with Crippen molar-refractivity contribution in [3.63, 3.8) is 0 Å². The van der Waals surface area contributed by atoms with Crippen LogP contribution in [-0.2, 0) is 17.6 Å². The van der Waals surface area contributed by atoms with Gasteiger partial charge in [-0.15, -0.1) is 0 Å². The Hall–Kier alpha value is -2.23. The highest BCUT2D eigenvalue weighted by Crippen LogP contribution is 2.22. The smallest absolute Gasteiger partial charge is 0.222 e. The SMILES string of the molecule is O=C(CCc1ccncc1)N1CCC[C@@H](CCc2cccc(F)c2)C1. The Morgan fingerprint density at radius 3 is 2.80 bits per heavy atom. The van der Waals surface area contributed by atoms with Crippen molar-refractivity contribution in [2.24, 2.45) is 5.92 Å². The fourth-order valence-corrected chi connectivity index (χ4v) is 3.55. The van der Waals surface area contributed by atoms with E-state index in [4.69, 9.17) is 0 Å². The molecule has 1 aliphatic rings. The number of benzene rings is 1. The predicted molar refractivity (Wildman–Crippen MR) is 96.6 cm³/mol. The van der Waals surface area contributed by atoms with Crippen LogP contribution in [0.25, 0.3) is 0 Å². The molecule has 1 aliphatic heterocycles. The van der Waals surface area contributed by atoms with E-state index in [-0.39, 0.29) is 11.7 Å². The maximum atomic E-state index is 13.3. The van der Waals surface area contributed by atoms with E-state index in [1.54, 1.807) is 24.5 Å². The second kappa shape index (κ2) is 8.75. The summed E-state index contributed by atoms with van der Waals surface area (Å²) < 4.78 is 13.3. The van der Waals surface area contributed by atoms with Gasteiger partial charge in [0.2, 0.25) is 5.91 Å². The lowest BCUT2D eigenvalue weighted by atomic mass is 9.91. The molecule has 3 nitrogen and oxygen atoms in total. The number of carbonyl (C=O) groups is 1. The summed E-state index contributed by atoms with van der Waals surface area (Å²) in [6.07, 6.45) is 8.97. The first kappa shape index (κ1) is 17.6. The van der Waals surface area contributed by atoms with Gasteiger partial charge in [-0.05, 0) is 73.4 Å². The fraction of sp³-hybridized carbons (Fsp3) is 0.429. The fourth-order valence-electron chi connectivity index (χ4n) is 3.55. The van der Waals surface area contributed by atoms with E-state index < -0.39 is 0 Å². The minimum Gasteiger partial charge on any atom is -0.342 e. The van der Waals surface area contributed by atoms with Crippen LogP contribution < -0.4 is 0 Å². The Morgan fingerprint density at radius 1 is 1.16 bits per heavy atom. The predicted octanol–water partition coefficient (Wildman–Crippen LogP) is 4.02. The number of likely N-dealkylation sites (tertiary alicyclic amines) is 1. The number of aryl methyl sites for hydroxylation is 2. The summed E-state index contributed by atoms with van der Waals surface area (Å²) in [5.74, 6) is 0.586. The first-order valence-electron chi connectivity index (χ1n) is 9.12. The molecular weight excluding hydrogens is 315 g/mol. The van der Waals surface area contributed by atoms with Crippen LogP contribution >= 0.6 is 0 Å². The first-order valence-corrected chi connectivity index (χ1v) is 9.12. The molecule has 4 heteroatoms. The van der Waals surface area contributed by atoms with Crippen molar-refractivity contribution in [1.29, 1.82) is 0 Å². The van der Waals surface area contributed by atoms with Crippen molar-refractivity contribution >= 4 is 5.91 Å². The van der Waals surface area contributed by atoms with E-state index in [0.717, 1.165) is 56.3 Å². The van der Waals surface area contributed by atoms with Gasteiger partial charge in [-0.3, -0.25) is 9.78 Å². The summed E-state index contributed by atoms with van der Waals surface area (Å²) in [7, 11) is 0. The Kier molecular flexibility index (Phi) is 6.15. The molecule has 1 aromatic heterocycles. The molecule has 1 atom stereocenters. The quantitative estimate of drug-likeness (QED) is 0.795. The lowest BCUT2D eigenvalue weighted by molar-refractivity contribution is -0.133. The zero-order valence-corrected chi connectivity index (χ0v) is 14.5. The topological polar surface area (TPSA) is 33.2 Å². The number of hydrogen-bond acceptors (Lipinski definition) is 2. The monoisotopic (exact) mass is 340 g/mol. The van der Waals surface area contributed by atoms with Crippen molar-refractivity contribution in [3.05, 3.63) is 65.7 Å². The van der Waals surface area contributed by atoms with Gasteiger partial charge in [0.1, 0.15) is 5.82 Å². The molecule has 25 heavy (non-hydrogen) atoms. The average Bonchev–Trinajstić information content (AvgIpc) is 2.65. The molecule has 1 saturated heterocycles. The highest BCUT2D eigenvalue weighted by Gasteiger charge is 2.23. The summed E-state index contributed by atoms with van der Waals surface area (Å²) in [4.78, 5) is 18.5. The van der Waals surface area contributed by atoms with E-state index >= 15 is 0 Å². The van der Waals surface area contributed by atoms with Crippen LogP contribution in [0.5, 0.6) is 0 Å². The molecule has 2 heterocycles. The highest BCUT2D eigenvalue weighted by molar-refractivity contribution is 5.76. The molecule has 0 saturated carbocycles. The third-order valence-corrected chi connectivity index (χ3v) is 4.98. The van der Waals surface area contributed by atoms with Gasteiger partial charge >= 0.3 is 0 Å². The number of amides is 1. The van der Waals surface area contributed by atoms with E-state index in [2.05, 4.69) is 4.98 Å². The Morgan fingerprint density at radius 2 is 2.00 bits per heavy atom. The van der Waals surface area contributed by atoms with Crippen molar-refractivity contribution < 1.29 is 9.18 Å². The lowest BCUT2D eigenvalue weighted by Crippen LogP contribution is -2.40. The van der Waals surface area contributed by atoms with Gasteiger partial charge in [-0.1, -0.05) is 12.1 Å². The molecule has 1 amide bonds. The standard InChI is InChI=1S/C21H25FN2O/c22-20-5-1-3-18(15-20)6-7-19-4-2-14-24(16-19)21(25)9-8-17-10-12-23-13-11-17/h1,3,5,10-13,15,19H,2,4,6-9,14,16H2/t19-/m0/s1. The molecule has 3 rings (SSSR count). The minimum atomic E-state index is -0.172. The molecule has 132 valence electrons. The normalized spacial score (nSPS) is 17.5. The summed E-state index contributed by atoms with van der Waals surface area (Å²) in [5.41, 5.74) is 2.20. The molecule has 0 bridgehead atoms. The average molecular weight is 340 g/mol. The van der Waals surface area contributed by atoms with Crippen LogP contribution in [-0.4, -0.2) is 28.9 Å². The number of halogens is 1. The number of piperidine rings is 1. The van der Waals surface area contributed by atoms with Gasteiger partial charge < -0.3 is 4.90 Å². The van der Waals surface area contributed by atoms with Crippen LogP contribution in [0.4, 0.5) is 4.39 Å². The number of nitrogens with zero attached hydrogens (tertiary/aromatic N) is 2. The number of aromatic nitrogens is 1. The van der Waals surface area contributed by atoms with E-state index in [1.165, 1.54) is 6.07 Å². The summed E-state index contributed by atoms with van der Waals surface area (Å²) >= 11 is 0. The minimum absolute atomic E-state index is 0.172. The van der Waals surface area contributed by atoms with Crippen LogP contribution in [0.15, 0.2) is 48.8 Å². The molecule has 0 aliphatic carbocycles. The highest BCUT2D eigenvalue weighted by atomic mass is 19.1. The van der Waals surface area contributed by atoms with Crippen LogP contribution in [0.2, 0.25) is 0 Å². The first-order chi connectivity index (χ1) is 12.2. The molecule has 2 aromatic rings. The summed E-state index contributed by atoms with van der Waals surface area (Å²) in [6.45, 7) is 1.70. The van der Waals surface area contributed by atoms with Crippen molar-refractivity contribution in [3.8, 4) is 0 Å². The van der Waals surface area contributed by atoms with Gasteiger partial charge in [-0.25, -0.2) is 4.39 Å². The maximum Gasteiger partial charge on any atom is 0.222 e. The molecule has 0 radical (unpaired) electrons. The van der Waals surface area contributed by atoms with Crippen molar-refractivity contribution in [2.45, 2.75) is 38.5 Å². The lowest BCUT2D eigenvalue weighted by Gasteiger charge is -2.33. The molecule has 1 fully saturated rings. The zero-order chi connectivity index (χ0) is 17.5. The van der Waals surface area contributed by atoms with Crippen LogP contribution in [0.1, 0.15) is 36.8 Å². The third kappa shape index (κ3) is 5.38. The summed E-state index contributed by atoms with van der Waals surface area (Å²) in [5, 5.41) is 0. The number of pyridine rings is 1. The number of rotatable bonds is 6. The molecular formula is C21H25FN2O.